The molecule has 0 bridgehead atoms. The lowest BCUT2D eigenvalue weighted by atomic mass is 10.0. The maximum atomic E-state index is 13.4. The zero-order valence-corrected chi connectivity index (χ0v) is 7.34. The topological polar surface area (TPSA) is 35.2 Å². The Bertz CT molecular complexity index is 407. The number of hydrogen-bond donors (Lipinski definition) is 1. The van der Waals surface area contributed by atoms with Crippen molar-refractivity contribution in [3.8, 4) is 5.75 Å². The lowest BCUT2D eigenvalue weighted by molar-refractivity contribution is 0.260. The lowest BCUT2D eigenvalue weighted by Gasteiger charge is -2.16. The summed E-state index contributed by atoms with van der Waals surface area (Å²) in [4.78, 5) is 0. The second-order valence-corrected chi connectivity index (χ2v) is 3.85. The molecule has 3 atom stereocenters. The van der Waals surface area contributed by atoms with Crippen molar-refractivity contribution < 1.29 is 13.5 Å². The molecule has 14 heavy (non-hydrogen) atoms. The molecule has 0 spiro atoms. The Labute approximate surface area is 79.7 Å². The Hall–Kier alpha value is -1.16. The van der Waals surface area contributed by atoms with Crippen molar-refractivity contribution in [3.05, 3.63) is 29.3 Å². The van der Waals surface area contributed by atoms with Crippen LogP contribution in [-0.2, 0) is 0 Å². The molecule has 2 nitrogen and oxygen atoms in total. The van der Waals surface area contributed by atoms with Crippen molar-refractivity contribution in [1.82, 2.24) is 0 Å². The standard InChI is InChI=1S/C10H9F2NO/c11-5-1-2-6(12)10-8(5)7-4(3-14-10)9(7)13/h1-2,4,7,9H,3,13H2/t4?,7-,9-/m1/s1. The highest BCUT2D eigenvalue weighted by atomic mass is 19.1. The molecule has 4 heteroatoms. The molecule has 0 aromatic heterocycles. The maximum absolute atomic E-state index is 13.4. The summed E-state index contributed by atoms with van der Waals surface area (Å²) in [5.74, 6) is -0.740. The van der Waals surface area contributed by atoms with Crippen molar-refractivity contribution >= 4 is 0 Å². The van der Waals surface area contributed by atoms with Crippen molar-refractivity contribution in [3.63, 3.8) is 0 Å². The van der Waals surface area contributed by atoms with Crippen LogP contribution >= 0.6 is 0 Å². The fraction of sp³-hybridized carbons (Fsp3) is 0.400. The zero-order chi connectivity index (χ0) is 9.87. The van der Waals surface area contributed by atoms with E-state index in [9.17, 15) is 8.78 Å². The molecular weight excluding hydrogens is 188 g/mol. The van der Waals surface area contributed by atoms with Crippen LogP contribution in [0.25, 0.3) is 0 Å². The van der Waals surface area contributed by atoms with E-state index in [1.54, 1.807) is 0 Å². The van der Waals surface area contributed by atoms with E-state index in [-0.39, 0.29) is 23.6 Å². The summed E-state index contributed by atoms with van der Waals surface area (Å²) in [6, 6.07) is 2.14. The normalized spacial score (nSPS) is 32.9. The van der Waals surface area contributed by atoms with Crippen LogP contribution in [-0.4, -0.2) is 12.6 Å². The van der Waals surface area contributed by atoms with Gasteiger partial charge in [-0.05, 0) is 12.1 Å². The Morgan fingerprint density at radius 1 is 1.29 bits per heavy atom. The Morgan fingerprint density at radius 2 is 2.00 bits per heavy atom. The summed E-state index contributed by atoms with van der Waals surface area (Å²) in [6.07, 6.45) is 0. The fourth-order valence-corrected chi connectivity index (χ4v) is 2.21. The average molecular weight is 197 g/mol. The molecule has 1 saturated carbocycles. The molecule has 2 N–H and O–H groups in total. The van der Waals surface area contributed by atoms with Crippen molar-refractivity contribution in [2.24, 2.45) is 11.7 Å². The zero-order valence-electron chi connectivity index (χ0n) is 7.34. The van der Waals surface area contributed by atoms with Gasteiger partial charge in [0.05, 0.1) is 6.61 Å². The highest BCUT2D eigenvalue weighted by Gasteiger charge is 2.54. The van der Waals surface area contributed by atoms with Gasteiger partial charge in [0.25, 0.3) is 0 Å². The largest absolute Gasteiger partial charge is 0.490 e. The van der Waals surface area contributed by atoms with Crippen LogP contribution in [0, 0.1) is 17.6 Å². The van der Waals surface area contributed by atoms with E-state index >= 15 is 0 Å². The summed E-state index contributed by atoms with van der Waals surface area (Å²) in [6.45, 7) is 0.402. The van der Waals surface area contributed by atoms with Gasteiger partial charge in [0, 0.05) is 23.4 Å². The van der Waals surface area contributed by atoms with Crippen LogP contribution in [0.1, 0.15) is 11.5 Å². The van der Waals surface area contributed by atoms with Gasteiger partial charge in [0.15, 0.2) is 11.6 Å². The van der Waals surface area contributed by atoms with E-state index in [0.29, 0.717) is 12.2 Å². The molecule has 1 heterocycles. The molecule has 1 unspecified atom stereocenters. The van der Waals surface area contributed by atoms with Crippen molar-refractivity contribution in [1.29, 1.82) is 0 Å². The summed E-state index contributed by atoms with van der Waals surface area (Å²) in [5.41, 5.74) is 6.06. The molecule has 1 aliphatic heterocycles. The van der Waals surface area contributed by atoms with Gasteiger partial charge in [-0.2, -0.15) is 0 Å². The van der Waals surface area contributed by atoms with Gasteiger partial charge in [-0.15, -0.1) is 0 Å². The average Bonchev–Trinajstić information content (AvgIpc) is 2.84. The van der Waals surface area contributed by atoms with Gasteiger partial charge < -0.3 is 10.5 Å². The van der Waals surface area contributed by atoms with Gasteiger partial charge in [-0.25, -0.2) is 8.78 Å². The third kappa shape index (κ3) is 0.865. The molecule has 0 radical (unpaired) electrons. The minimum absolute atomic E-state index is 0.0468. The van der Waals surface area contributed by atoms with Gasteiger partial charge in [0.2, 0.25) is 0 Å². The number of rotatable bonds is 0. The molecule has 0 saturated heterocycles. The monoisotopic (exact) mass is 197 g/mol. The van der Waals surface area contributed by atoms with Gasteiger partial charge in [-0.1, -0.05) is 0 Å². The van der Waals surface area contributed by atoms with Crippen LogP contribution in [0.4, 0.5) is 8.78 Å². The first-order chi connectivity index (χ1) is 6.70. The van der Waals surface area contributed by atoms with Crippen molar-refractivity contribution in [2.45, 2.75) is 12.0 Å². The third-order valence-corrected chi connectivity index (χ3v) is 3.08. The van der Waals surface area contributed by atoms with Gasteiger partial charge in [0.1, 0.15) is 5.82 Å². The minimum atomic E-state index is -0.501. The summed E-state index contributed by atoms with van der Waals surface area (Å²) < 4.78 is 31.8. The quantitative estimate of drug-likeness (QED) is 0.682. The number of benzene rings is 1. The molecule has 1 fully saturated rings. The predicted octanol–water partition coefficient (Wildman–Crippen LogP) is 1.40. The number of fused-ring (bicyclic) bond motifs is 3. The highest BCUT2D eigenvalue weighted by Crippen LogP contribution is 2.54. The smallest absolute Gasteiger partial charge is 0.165 e. The predicted molar refractivity (Wildman–Crippen MR) is 46.1 cm³/mol. The highest BCUT2D eigenvalue weighted by molar-refractivity contribution is 5.46. The van der Waals surface area contributed by atoms with Gasteiger partial charge in [-0.3, -0.25) is 0 Å². The number of nitrogens with two attached hydrogens (primary N) is 1. The third-order valence-electron chi connectivity index (χ3n) is 3.08. The van der Waals surface area contributed by atoms with Crippen molar-refractivity contribution in [2.75, 3.05) is 6.61 Å². The molecule has 1 aromatic rings. The fourth-order valence-electron chi connectivity index (χ4n) is 2.21. The SMILES string of the molecule is N[C@@H]1C2COc3c(F)ccc(F)c3[C@@H]21. The Kier molecular flexibility index (Phi) is 1.43. The molecule has 3 rings (SSSR count). The number of halogens is 2. The van der Waals surface area contributed by atoms with Crippen LogP contribution in [0.3, 0.4) is 0 Å². The second-order valence-electron chi connectivity index (χ2n) is 3.85. The molecule has 1 aliphatic carbocycles. The first-order valence-corrected chi connectivity index (χ1v) is 4.56. The lowest BCUT2D eigenvalue weighted by Crippen LogP contribution is -2.11. The van der Waals surface area contributed by atoms with E-state index in [4.69, 9.17) is 10.5 Å². The molecule has 1 aromatic carbocycles. The first kappa shape index (κ1) is 8.17. The molecule has 74 valence electrons. The van der Waals surface area contributed by atoms with E-state index in [0.717, 1.165) is 12.1 Å². The van der Waals surface area contributed by atoms with Crippen LogP contribution in [0.2, 0.25) is 0 Å². The maximum Gasteiger partial charge on any atom is 0.165 e. The molecular formula is C10H9F2NO. The van der Waals surface area contributed by atoms with Gasteiger partial charge >= 0.3 is 0 Å². The van der Waals surface area contributed by atoms with Crippen LogP contribution < -0.4 is 10.5 Å². The van der Waals surface area contributed by atoms with E-state index in [1.807, 2.05) is 0 Å². The van der Waals surface area contributed by atoms with E-state index in [2.05, 4.69) is 0 Å². The summed E-state index contributed by atoms with van der Waals surface area (Å²) >= 11 is 0. The Balaban J connectivity index is 2.19. The number of hydrogen-bond acceptors (Lipinski definition) is 2. The summed E-state index contributed by atoms with van der Waals surface area (Å²) in [5, 5.41) is 0. The Morgan fingerprint density at radius 3 is 2.79 bits per heavy atom. The van der Waals surface area contributed by atoms with E-state index in [1.165, 1.54) is 0 Å². The number of ether oxygens (including phenoxy) is 1. The van der Waals surface area contributed by atoms with E-state index < -0.39 is 11.6 Å². The second kappa shape index (κ2) is 2.45. The molecule has 0 amide bonds. The molecule has 2 aliphatic rings. The minimum Gasteiger partial charge on any atom is -0.490 e. The first-order valence-electron chi connectivity index (χ1n) is 4.56. The van der Waals surface area contributed by atoms with Crippen LogP contribution in [0.15, 0.2) is 12.1 Å². The van der Waals surface area contributed by atoms with Crippen LogP contribution in [0.5, 0.6) is 5.75 Å². The summed E-state index contributed by atoms with van der Waals surface area (Å²) in [7, 11) is 0.